The predicted molar refractivity (Wildman–Crippen MR) is 86.9 cm³/mol. The Morgan fingerprint density at radius 3 is 2.35 bits per heavy atom. The second-order valence-corrected chi connectivity index (χ2v) is 6.12. The Morgan fingerprint density at radius 2 is 1.80 bits per heavy atom. The highest BCUT2D eigenvalue weighted by Crippen LogP contribution is 2.32. The van der Waals surface area contributed by atoms with Crippen molar-refractivity contribution in [3.05, 3.63) is 56.2 Å². The lowest BCUT2D eigenvalue weighted by Gasteiger charge is -2.13. The van der Waals surface area contributed by atoms with Gasteiger partial charge >= 0.3 is 0 Å². The third-order valence-electron chi connectivity index (χ3n) is 2.90. The molecule has 0 saturated carbocycles. The largest absolute Gasteiger partial charge is 0.497 e. The molecule has 0 aromatic heterocycles. The summed E-state index contributed by atoms with van der Waals surface area (Å²) < 4.78 is 20.7. The van der Waals surface area contributed by atoms with E-state index < -0.39 is 0 Å². The van der Waals surface area contributed by atoms with Gasteiger partial charge in [-0.05, 0) is 62.5 Å². The molecule has 20 heavy (non-hydrogen) atoms. The van der Waals surface area contributed by atoms with E-state index in [4.69, 9.17) is 4.74 Å². The standard InChI is InChI=1S/C15H14Br2FNO/c1-9-5-12(16)15(13(17)6-9)19-8-10-3-4-11(20-2)7-14(10)18/h3-7,19H,8H2,1-2H3. The fourth-order valence-corrected chi connectivity index (χ4v) is 3.55. The summed E-state index contributed by atoms with van der Waals surface area (Å²) in [6, 6.07) is 8.88. The third-order valence-corrected chi connectivity index (χ3v) is 4.15. The van der Waals surface area contributed by atoms with Gasteiger partial charge in [-0.15, -0.1) is 0 Å². The molecule has 0 amide bonds. The van der Waals surface area contributed by atoms with Crippen molar-refractivity contribution in [1.82, 2.24) is 0 Å². The number of benzene rings is 2. The van der Waals surface area contributed by atoms with Gasteiger partial charge in [-0.3, -0.25) is 0 Å². The summed E-state index contributed by atoms with van der Waals surface area (Å²) >= 11 is 7.01. The first-order chi connectivity index (χ1) is 9.51. The molecule has 0 unspecified atom stereocenters. The van der Waals surface area contributed by atoms with Crippen LogP contribution in [0.2, 0.25) is 0 Å². The summed E-state index contributed by atoms with van der Waals surface area (Å²) in [6.45, 7) is 2.42. The molecule has 2 aromatic rings. The van der Waals surface area contributed by atoms with Crippen molar-refractivity contribution in [3.8, 4) is 5.75 Å². The Bertz CT molecular complexity index is 608. The van der Waals surface area contributed by atoms with Gasteiger partial charge < -0.3 is 10.1 Å². The molecule has 0 aliphatic rings. The van der Waals surface area contributed by atoms with Gasteiger partial charge in [0.05, 0.1) is 12.8 Å². The maximum absolute atomic E-state index is 13.9. The van der Waals surface area contributed by atoms with Crippen LogP contribution in [0.5, 0.6) is 5.75 Å². The molecule has 5 heteroatoms. The van der Waals surface area contributed by atoms with Crippen LogP contribution in [0, 0.1) is 12.7 Å². The Labute approximate surface area is 134 Å². The summed E-state index contributed by atoms with van der Waals surface area (Å²) in [4.78, 5) is 0. The van der Waals surface area contributed by atoms with Gasteiger partial charge in [0.15, 0.2) is 0 Å². The summed E-state index contributed by atoms with van der Waals surface area (Å²) in [6.07, 6.45) is 0. The normalized spacial score (nSPS) is 10.4. The van der Waals surface area contributed by atoms with E-state index in [1.807, 2.05) is 19.1 Å². The average molecular weight is 403 g/mol. The number of nitrogens with one attached hydrogen (secondary N) is 1. The molecule has 2 rings (SSSR count). The summed E-state index contributed by atoms with van der Waals surface area (Å²) in [5.41, 5.74) is 2.64. The molecule has 0 saturated heterocycles. The highest BCUT2D eigenvalue weighted by molar-refractivity contribution is 9.11. The first kappa shape index (κ1) is 15.3. The molecule has 0 radical (unpaired) electrons. The number of anilines is 1. The maximum Gasteiger partial charge on any atom is 0.131 e. The van der Waals surface area contributed by atoms with Crippen molar-refractivity contribution in [2.24, 2.45) is 0 Å². The predicted octanol–water partition coefficient (Wildman–Crippen LogP) is 5.28. The molecule has 0 aliphatic heterocycles. The lowest BCUT2D eigenvalue weighted by Crippen LogP contribution is -2.03. The summed E-state index contributed by atoms with van der Waals surface area (Å²) in [5, 5.41) is 3.23. The molecule has 1 N–H and O–H groups in total. The van der Waals surface area contributed by atoms with E-state index in [0.717, 1.165) is 20.2 Å². The quantitative estimate of drug-likeness (QED) is 0.751. The second kappa shape index (κ2) is 6.59. The first-order valence-corrected chi connectivity index (χ1v) is 7.62. The topological polar surface area (TPSA) is 21.3 Å². The minimum Gasteiger partial charge on any atom is -0.497 e. The van der Waals surface area contributed by atoms with E-state index in [9.17, 15) is 4.39 Å². The van der Waals surface area contributed by atoms with Crippen molar-refractivity contribution in [3.63, 3.8) is 0 Å². The minimum absolute atomic E-state index is 0.281. The minimum atomic E-state index is -0.281. The van der Waals surface area contributed by atoms with Crippen LogP contribution < -0.4 is 10.1 Å². The maximum atomic E-state index is 13.9. The summed E-state index contributed by atoms with van der Waals surface area (Å²) in [5.74, 6) is 0.236. The number of halogens is 3. The van der Waals surface area contributed by atoms with Crippen LogP contribution in [0.3, 0.4) is 0 Å². The van der Waals surface area contributed by atoms with Gasteiger partial charge in [-0.1, -0.05) is 6.07 Å². The van der Waals surface area contributed by atoms with E-state index in [1.54, 1.807) is 12.1 Å². The molecule has 0 aliphatic carbocycles. The van der Waals surface area contributed by atoms with Crippen LogP contribution in [-0.4, -0.2) is 7.11 Å². The van der Waals surface area contributed by atoms with Crippen LogP contribution in [0.1, 0.15) is 11.1 Å². The molecule has 0 bridgehead atoms. The Morgan fingerprint density at radius 1 is 1.15 bits per heavy atom. The first-order valence-electron chi connectivity index (χ1n) is 6.03. The fourth-order valence-electron chi connectivity index (χ4n) is 1.85. The highest BCUT2D eigenvalue weighted by Gasteiger charge is 2.08. The van der Waals surface area contributed by atoms with Gasteiger partial charge in [-0.25, -0.2) is 4.39 Å². The Kier molecular flexibility index (Phi) is 5.05. The Balaban J connectivity index is 2.17. The van der Waals surface area contributed by atoms with Crippen LogP contribution in [0.15, 0.2) is 39.3 Å². The van der Waals surface area contributed by atoms with Gasteiger partial charge in [0.1, 0.15) is 11.6 Å². The van der Waals surface area contributed by atoms with E-state index in [1.165, 1.54) is 13.2 Å². The summed E-state index contributed by atoms with van der Waals surface area (Å²) in [7, 11) is 1.52. The van der Waals surface area contributed by atoms with E-state index in [2.05, 4.69) is 37.2 Å². The number of hydrogen-bond acceptors (Lipinski definition) is 2. The van der Waals surface area contributed by atoms with E-state index in [0.29, 0.717) is 17.9 Å². The zero-order chi connectivity index (χ0) is 14.7. The SMILES string of the molecule is COc1ccc(CNc2c(Br)cc(C)cc2Br)c(F)c1. The smallest absolute Gasteiger partial charge is 0.131 e. The average Bonchev–Trinajstić information content (AvgIpc) is 2.39. The molecular weight excluding hydrogens is 389 g/mol. The molecule has 2 aromatic carbocycles. The van der Waals surface area contributed by atoms with Gasteiger partial charge in [0.25, 0.3) is 0 Å². The van der Waals surface area contributed by atoms with E-state index in [-0.39, 0.29) is 5.82 Å². The third kappa shape index (κ3) is 3.52. The molecule has 0 spiro atoms. The molecule has 106 valence electrons. The van der Waals surface area contributed by atoms with Crippen LogP contribution in [0.25, 0.3) is 0 Å². The highest BCUT2D eigenvalue weighted by atomic mass is 79.9. The molecule has 2 nitrogen and oxygen atoms in total. The number of aryl methyl sites for hydroxylation is 1. The van der Waals surface area contributed by atoms with Crippen LogP contribution in [0.4, 0.5) is 10.1 Å². The lowest BCUT2D eigenvalue weighted by atomic mass is 10.2. The van der Waals surface area contributed by atoms with Crippen molar-refractivity contribution < 1.29 is 9.13 Å². The zero-order valence-corrected chi connectivity index (χ0v) is 14.3. The van der Waals surface area contributed by atoms with Crippen molar-refractivity contribution in [2.75, 3.05) is 12.4 Å². The molecule has 0 atom stereocenters. The number of hydrogen-bond donors (Lipinski definition) is 1. The number of methoxy groups -OCH3 is 1. The van der Waals surface area contributed by atoms with E-state index >= 15 is 0 Å². The number of ether oxygens (including phenoxy) is 1. The van der Waals surface area contributed by atoms with Crippen molar-refractivity contribution in [1.29, 1.82) is 0 Å². The van der Waals surface area contributed by atoms with Crippen LogP contribution >= 0.6 is 31.9 Å². The van der Waals surface area contributed by atoms with Crippen molar-refractivity contribution in [2.45, 2.75) is 13.5 Å². The monoisotopic (exact) mass is 401 g/mol. The zero-order valence-electron chi connectivity index (χ0n) is 11.1. The number of rotatable bonds is 4. The lowest BCUT2D eigenvalue weighted by molar-refractivity contribution is 0.411. The van der Waals surface area contributed by atoms with Gasteiger partial charge in [0.2, 0.25) is 0 Å². The van der Waals surface area contributed by atoms with Crippen molar-refractivity contribution >= 4 is 37.5 Å². The molecule has 0 fully saturated rings. The van der Waals surface area contributed by atoms with Crippen LogP contribution in [-0.2, 0) is 6.54 Å². The fraction of sp³-hybridized carbons (Fsp3) is 0.200. The molecule has 0 heterocycles. The molecular formula is C15H14Br2FNO. The van der Waals surface area contributed by atoms with Gasteiger partial charge in [-0.2, -0.15) is 0 Å². The Hall–Kier alpha value is -1.07. The second-order valence-electron chi connectivity index (χ2n) is 4.41. The van der Waals surface area contributed by atoms with Gasteiger partial charge in [0, 0.05) is 27.1 Å².